The van der Waals surface area contributed by atoms with Crippen molar-refractivity contribution < 1.29 is 9.84 Å². The fourth-order valence-corrected chi connectivity index (χ4v) is 2.19. The van der Waals surface area contributed by atoms with Crippen molar-refractivity contribution in [3.05, 3.63) is 53.2 Å². The van der Waals surface area contributed by atoms with Gasteiger partial charge in [-0.25, -0.2) is 4.98 Å². The van der Waals surface area contributed by atoms with Crippen LogP contribution in [0.2, 0.25) is 0 Å². The number of nitrogens with zero attached hydrogens (tertiary/aromatic N) is 1. The molecule has 0 aliphatic rings. The molecule has 3 nitrogen and oxygen atoms in total. The molecule has 0 amide bonds. The summed E-state index contributed by atoms with van der Waals surface area (Å²) < 4.78 is 5.99. The molecule has 0 aliphatic carbocycles. The second-order valence-corrected chi connectivity index (χ2v) is 6.46. The third-order valence-corrected chi connectivity index (χ3v) is 3.40. The molecule has 1 unspecified atom stereocenters. The first kappa shape index (κ1) is 15.5. The molecule has 1 aromatic heterocycles. The molecule has 0 saturated heterocycles. The zero-order valence-electron chi connectivity index (χ0n) is 13.3. The molecule has 2 aromatic rings. The van der Waals surface area contributed by atoms with Crippen LogP contribution >= 0.6 is 0 Å². The summed E-state index contributed by atoms with van der Waals surface area (Å²) in [5, 5.41) is 9.66. The average molecular weight is 285 g/mol. The maximum Gasteiger partial charge on any atom is 0.219 e. The number of aliphatic hydroxyl groups is 1. The Labute approximate surface area is 126 Å². The molecule has 0 fully saturated rings. The average Bonchev–Trinajstić information content (AvgIpc) is 2.37. The van der Waals surface area contributed by atoms with Gasteiger partial charge in [-0.1, -0.05) is 32.9 Å². The Morgan fingerprint density at radius 3 is 2.48 bits per heavy atom. The van der Waals surface area contributed by atoms with E-state index in [1.807, 2.05) is 13.0 Å². The number of ether oxygens (including phenoxy) is 1. The van der Waals surface area contributed by atoms with E-state index in [9.17, 15) is 5.11 Å². The van der Waals surface area contributed by atoms with Crippen molar-refractivity contribution in [2.24, 2.45) is 0 Å². The summed E-state index contributed by atoms with van der Waals surface area (Å²) in [7, 11) is 0. The number of pyridine rings is 1. The number of hydrogen-bond acceptors (Lipinski definition) is 3. The van der Waals surface area contributed by atoms with Gasteiger partial charge in [0.25, 0.3) is 0 Å². The fraction of sp³-hybridized carbons (Fsp3) is 0.389. The Morgan fingerprint density at radius 1 is 1.14 bits per heavy atom. The Balaban J connectivity index is 2.39. The van der Waals surface area contributed by atoms with E-state index in [0.29, 0.717) is 5.88 Å². The van der Waals surface area contributed by atoms with Crippen LogP contribution in [-0.2, 0) is 5.41 Å². The molecule has 3 heteroatoms. The molecule has 1 atom stereocenters. The molecule has 21 heavy (non-hydrogen) atoms. The first-order valence-electron chi connectivity index (χ1n) is 7.20. The van der Waals surface area contributed by atoms with Gasteiger partial charge in [-0.2, -0.15) is 0 Å². The summed E-state index contributed by atoms with van der Waals surface area (Å²) in [4.78, 5) is 4.24. The second-order valence-electron chi connectivity index (χ2n) is 6.46. The Bertz CT molecular complexity index is 627. The molecule has 0 saturated carbocycles. The van der Waals surface area contributed by atoms with E-state index < -0.39 is 6.10 Å². The highest BCUT2D eigenvalue weighted by Gasteiger charge is 2.19. The first-order chi connectivity index (χ1) is 9.77. The third kappa shape index (κ3) is 3.82. The van der Waals surface area contributed by atoms with Crippen molar-refractivity contribution in [1.29, 1.82) is 0 Å². The Morgan fingerprint density at radius 2 is 1.86 bits per heavy atom. The van der Waals surface area contributed by atoms with E-state index in [1.165, 1.54) is 0 Å². The van der Waals surface area contributed by atoms with Crippen molar-refractivity contribution in [2.45, 2.75) is 46.1 Å². The molecule has 1 heterocycles. The molecule has 0 aliphatic heterocycles. The van der Waals surface area contributed by atoms with Gasteiger partial charge in [-0.3, -0.25) is 0 Å². The van der Waals surface area contributed by atoms with Crippen LogP contribution in [-0.4, -0.2) is 10.1 Å². The normalized spacial score (nSPS) is 13.0. The minimum absolute atomic E-state index is 0.00901. The molecule has 1 N–H and O–H groups in total. The number of rotatable bonds is 3. The number of aryl methyl sites for hydroxylation is 1. The van der Waals surface area contributed by atoms with Gasteiger partial charge in [0, 0.05) is 17.8 Å². The minimum atomic E-state index is -0.532. The van der Waals surface area contributed by atoms with Crippen molar-refractivity contribution in [3.63, 3.8) is 0 Å². The smallest absolute Gasteiger partial charge is 0.219 e. The minimum Gasteiger partial charge on any atom is -0.439 e. The third-order valence-electron chi connectivity index (χ3n) is 3.40. The van der Waals surface area contributed by atoms with Gasteiger partial charge in [-0.05, 0) is 42.5 Å². The monoisotopic (exact) mass is 285 g/mol. The first-order valence-corrected chi connectivity index (χ1v) is 7.20. The molecule has 2 rings (SSSR count). The topological polar surface area (TPSA) is 42.4 Å². The number of hydrogen-bond donors (Lipinski definition) is 1. The van der Waals surface area contributed by atoms with E-state index in [-0.39, 0.29) is 5.41 Å². The van der Waals surface area contributed by atoms with E-state index in [1.54, 1.807) is 25.3 Å². The number of aromatic nitrogens is 1. The molecule has 112 valence electrons. The predicted octanol–water partition coefficient (Wildman–Crippen LogP) is 4.53. The van der Waals surface area contributed by atoms with Crippen LogP contribution in [0.4, 0.5) is 0 Å². The second kappa shape index (κ2) is 5.86. The van der Waals surface area contributed by atoms with Crippen LogP contribution in [0.1, 0.15) is 50.5 Å². The van der Waals surface area contributed by atoms with Crippen LogP contribution in [0.5, 0.6) is 11.6 Å². The molecular formula is C18H23NO2. The Kier molecular flexibility index (Phi) is 4.33. The van der Waals surface area contributed by atoms with Gasteiger partial charge in [0.2, 0.25) is 5.88 Å². The van der Waals surface area contributed by atoms with Crippen molar-refractivity contribution in [2.75, 3.05) is 0 Å². The summed E-state index contributed by atoms with van der Waals surface area (Å²) in [5.74, 6) is 1.32. The maximum absolute atomic E-state index is 9.66. The highest BCUT2D eigenvalue weighted by molar-refractivity contribution is 5.43. The lowest BCUT2D eigenvalue weighted by Gasteiger charge is -2.23. The highest BCUT2D eigenvalue weighted by atomic mass is 16.5. The van der Waals surface area contributed by atoms with E-state index in [0.717, 1.165) is 22.4 Å². The van der Waals surface area contributed by atoms with Gasteiger partial charge >= 0.3 is 0 Å². The van der Waals surface area contributed by atoms with Gasteiger partial charge in [0.1, 0.15) is 5.75 Å². The van der Waals surface area contributed by atoms with Crippen LogP contribution in [0.25, 0.3) is 0 Å². The summed E-state index contributed by atoms with van der Waals surface area (Å²) in [6, 6.07) is 9.78. The van der Waals surface area contributed by atoms with E-state index in [2.05, 4.69) is 37.9 Å². The quantitative estimate of drug-likeness (QED) is 0.900. The van der Waals surface area contributed by atoms with Crippen molar-refractivity contribution >= 4 is 0 Å². The maximum atomic E-state index is 9.66. The summed E-state index contributed by atoms with van der Waals surface area (Å²) >= 11 is 0. The highest BCUT2D eigenvalue weighted by Crippen LogP contribution is 2.34. The molecule has 0 bridgehead atoms. The largest absolute Gasteiger partial charge is 0.439 e. The van der Waals surface area contributed by atoms with Gasteiger partial charge < -0.3 is 9.84 Å². The molecule has 0 spiro atoms. The van der Waals surface area contributed by atoms with Gasteiger partial charge in [-0.15, -0.1) is 0 Å². The van der Waals surface area contributed by atoms with Crippen LogP contribution in [0.3, 0.4) is 0 Å². The lowest BCUT2D eigenvalue weighted by atomic mass is 9.86. The zero-order chi connectivity index (χ0) is 15.6. The molecule has 1 aromatic carbocycles. The van der Waals surface area contributed by atoms with E-state index >= 15 is 0 Å². The van der Waals surface area contributed by atoms with Gasteiger partial charge in [0.15, 0.2) is 0 Å². The number of benzene rings is 1. The lowest BCUT2D eigenvalue weighted by Crippen LogP contribution is -2.12. The lowest BCUT2D eigenvalue weighted by molar-refractivity contribution is 0.198. The molecule has 0 radical (unpaired) electrons. The summed E-state index contributed by atoms with van der Waals surface area (Å²) in [6.07, 6.45) is 1.12. The summed E-state index contributed by atoms with van der Waals surface area (Å²) in [6.45, 7) is 10.2. The van der Waals surface area contributed by atoms with Crippen molar-refractivity contribution in [1.82, 2.24) is 4.98 Å². The summed E-state index contributed by atoms with van der Waals surface area (Å²) in [5.41, 5.74) is 3.07. The van der Waals surface area contributed by atoms with Gasteiger partial charge in [0.05, 0.1) is 6.10 Å². The van der Waals surface area contributed by atoms with Crippen LogP contribution in [0.15, 0.2) is 36.5 Å². The fourth-order valence-electron chi connectivity index (χ4n) is 2.19. The van der Waals surface area contributed by atoms with Crippen molar-refractivity contribution in [3.8, 4) is 11.6 Å². The molecular weight excluding hydrogens is 262 g/mol. The number of aliphatic hydroxyl groups excluding tert-OH is 1. The van der Waals surface area contributed by atoms with E-state index in [4.69, 9.17) is 4.74 Å². The standard InChI is InChI=1S/C18H23NO2/c1-12-6-7-15(18(3,4)5)16(10-12)21-17-11-14(13(2)20)8-9-19-17/h6-11,13,20H,1-5H3. The Hall–Kier alpha value is -1.87. The van der Waals surface area contributed by atoms with Crippen LogP contribution < -0.4 is 4.74 Å². The predicted molar refractivity (Wildman–Crippen MR) is 84.8 cm³/mol. The zero-order valence-corrected chi connectivity index (χ0v) is 13.3. The SMILES string of the molecule is Cc1ccc(C(C)(C)C)c(Oc2cc(C(C)O)ccn2)c1. The van der Waals surface area contributed by atoms with Crippen LogP contribution in [0, 0.1) is 6.92 Å².